The van der Waals surface area contributed by atoms with E-state index >= 15 is 0 Å². The van der Waals surface area contributed by atoms with Crippen molar-refractivity contribution in [2.24, 2.45) is 0 Å². The first-order chi connectivity index (χ1) is 6.70. The van der Waals surface area contributed by atoms with E-state index in [9.17, 15) is 5.11 Å². The van der Waals surface area contributed by atoms with E-state index in [2.05, 4.69) is 0 Å². The summed E-state index contributed by atoms with van der Waals surface area (Å²) in [6.07, 6.45) is 0. The summed E-state index contributed by atoms with van der Waals surface area (Å²) in [7, 11) is 3.86. The number of benzene rings is 2. The van der Waals surface area contributed by atoms with E-state index in [4.69, 9.17) is 0 Å². The minimum absolute atomic E-state index is 0.328. The van der Waals surface area contributed by atoms with Crippen molar-refractivity contribution in [2.75, 3.05) is 19.0 Å². The maximum atomic E-state index is 9.74. The molecule has 0 atom stereocenters. The standard InChI is InChI=1S/C12H13NO/c1-13(2)12-10-6-4-3-5-9(10)7-8-11(12)14/h3-8,14H,1-2H3. The fraction of sp³-hybridized carbons (Fsp3) is 0.167. The van der Waals surface area contributed by atoms with Gasteiger partial charge in [0.2, 0.25) is 0 Å². The maximum Gasteiger partial charge on any atom is 0.139 e. The normalized spacial score (nSPS) is 10.4. The maximum absolute atomic E-state index is 9.74. The molecule has 0 spiro atoms. The van der Waals surface area contributed by atoms with Gasteiger partial charge >= 0.3 is 0 Å². The number of anilines is 1. The first kappa shape index (κ1) is 8.88. The number of nitrogens with zero attached hydrogens (tertiary/aromatic N) is 1. The zero-order valence-corrected chi connectivity index (χ0v) is 8.36. The smallest absolute Gasteiger partial charge is 0.139 e. The lowest BCUT2D eigenvalue weighted by Gasteiger charge is -2.16. The van der Waals surface area contributed by atoms with Crippen LogP contribution in [0.4, 0.5) is 5.69 Å². The molecule has 0 fully saturated rings. The van der Waals surface area contributed by atoms with Gasteiger partial charge in [0.15, 0.2) is 0 Å². The highest BCUT2D eigenvalue weighted by Gasteiger charge is 2.07. The molecular formula is C12H13NO. The Bertz CT molecular complexity index is 463. The van der Waals surface area contributed by atoms with Crippen LogP contribution in [-0.4, -0.2) is 19.2 Å². The zero-order chi connectivity index (χ0) is 10.1. The highest BCUT2D eigenvalue weighted by atomic mass is 16.3. The largest absolute Gasteiger partial charge is 0.506 e. The van der Waals surface area contributed by atoms with Gasteiger partial charge in [-0.05, 0) is 11.5 Å². The van der Waals surface area contributed by atoms with Gasteiger partial charge in [0.25, 0.3) is 0 Å². The molecule has 2 aromatic rings. The van der Waals surface area contributed by atoms with E-state index in [-0.39, 0.29) is 0 Å². The molecule has 0 bridgehead atoms. The molecule has 0 saturated heterocycles. The Balaban J connectivity index is 2.83. The first-order valence-corrected chi connectivity index (χ1v) is 4.58. The Kier molecular flexibility index (Phi) is 2.04. The second kappa shape index (κ2) is 3.22. The van der Waals surface area contributed by atoms with Gasteiger partial charge in [-0.2, -0.15) is 0 Å². The van der Waals surface area contributed by atoms with Gasteiger partial charge in [0.1, 0.15) is 5.75 Å². The zero-order valence-electron chi connectivity index (χ0n) is 8.36. The molecule has 0 aromatic heterocycles. The van der Waals surface area contributed by atoms with Crippen molar-refractivity contribution < 1.29 is 5.11 Å². The third-order valence-corrected chi connectivity index (χ3v) is 2.33. The lowest BCUT2D eigenvalue weighted by Crippen LogP contribution is -2.09. The molecule has 0 aliphatic rings. The molecule has 2 aromatic carbocycles. The SMILES string of the molecule is CN(C)c1c(O)ccc2ccccc12. The Morgan fingerprint density at radius 2 is 1.71 bits per heavy atom. The Morgan fingerprint density at radius 3 is 2.43 bits per heavy atom. The first-order valence-electron chi connectivity index (χ1n) is 4.58. The summed E-state index contributed by atoms with van der Waals surface area (Å²) in [4.78, 5) is 1.93. The van der Waals surface area contributed by atoms with E-state index in [1.807, 2.05) is 49.3 Å². The van der Waals surface area contributed by atoms with E-state index in [0.717, 1.165) is 16.5 Å². The second-order valence-corrected chi connectivity index (χ2v) is 3.55. The van der Waals surface area contributed by atoms with E-state index < -0.39 is 0 Å². The van der Waals surface area contributed by atoms with Crippen LogP contribution in [0.5, 0.6) is 5.75 Å². The molecule has 2 rings (SSSR count). The molecule has 0 aliphatic heterocycles. The summed E-state index contributed by atoms with van der Waals surface area (Å²) >= 11 is 0. The second-order valence-electron chi connectivity index (χ2n) is 3.55. The van der Waals surface area contributed by atoms with E-state index in [1.54, 1.807) is 6.07 Å². The van der Waals surface area contributed by atoms with Crippen LogP contribution in [-0.2, 0) is 0 Å². The molecule has 0 radical (unpaired) electrons. The number of fused-ring (bicyclic) bond motifs is 1. The summed E-state index contributed by atoms with van der Waals surface area (Å²) in [5.41, 5.74) is 0.878. The molecule has 14 heavy (non-hydrogen) atoms. The van der Waals surface area contributed by atoms with Crippen LogP contribution in [0, 0.1) is 0 Å². The highest BCUT2D eigenvalue weighted by Crippen LogP contribution is 2.33. The average Bonchev–Trinajstić information content (AvgIpc) is 2.17. The molecule has 0 heterocycles. The number of aromatic hydroxyl groups is 1. The van der Waals surface area contributed by atoms with Crippen LogP contribution in [0.15, 0.2) is 36.4 Å². The third kappa shape index (κ3) is 1.29. The van der Waals surface area contributed by atoms with Crippen molar-refractivity contribution in [1.29, 1.82) is 0 Å². The predicted molar refractivity (Wildman–Crippen MR) is 59.9 cm³/mol. The van der Waals surface area contributed by atoms with Crippen LogP contribution in [0.3, 0.4) is 0 Å². The molecule has 0 saturated carbocycles. The minimum atomic E-state index is 0.328. The van der Waals surface area contributed by atoms with Gasteiger partial charge in [-0.15, -0.1) is 0 Å². The Morgan fingerprint density at radius 1 is 1.00 bits per heavy atom. The Labute approximate surface area is 83.4 Å². The third-order valence-electron chi connectivity index (χ3n) is 2.33. The van der Waals surface area contributed by atoms with Crippen molar-refractivity contribution in [3.63, 3.8) is 0 Å². The number of phenolic OH excluding ortho intramolecular Hbond substituents is 1. The minimum Gasteiger partial charge on any atom is -0.506 e. The van der Waals surface area contributed by atoms with Crippen LogP contribution in [0.25, 0.3) is 10.8 Å². The molecule has 0 unspecified atom stereocenters. The summed E-state index contributed by atoms with van der Waals surface area (Å²) in [6, 6.07) is 11.7. The lowest BCUT2D eigenvalue weighted by molar-refractivity contribution is 0.476. The van der Waals surface area contributed by atoms with Crippen molar-refractivity contribution in [3.05, 3.63) is 36.4 Å². The molecule has 0 amide bonds. The number of hydrogen-bond donors (Lipinski definition) is 1. The van der Waals surface area contributed by atoms with E-state index in [0.29, 0.717) is 5.75 Å². The summed E-state index contributed by atoms with van der Waals surface area (Å²) in [6.45, 7) is 0. The van der Waals surface area contributed by atoms with Crippen LogP contribution < -0.4 is 4.90 Å². The predicted octanol–water partition coefficient (Wildman–Crippen LogP) is 2.61. The van der Waals surface area contributed by atoms with Gasteiger partial charge in [-0.25, -0.2) is 0 Å². The molecule has 72 valence electrons. The number of rotatable bonds is 1. The van der Waals surface area contributed by atoms with Gasteiger partial charge < -0.3 is 10.0 Å². The molecule has 1 N–H and O–H groups in total. The van der Waals surface area contributed by atoms with Crippen LogP contribution in [0.2, 0.25) is 0 Å². The molecule has 2 heteroatoms. The van der Waals surface area contributed by atoms with Crippen molar-refractivity contribution in [1.82, 2.24) is 0 Å². The van der Waals surface area contributed by atoms with Crippen molar-refractivity contribution in [2.45, 2.75) is 0 Å². The summed E-state index contributed by atoms with van der Waals surface area (Å²) < 4.78 is 0. The van der Waals surface area contributed by atoms with Crippen molar-refractivity contribution >= 4 is 16.5 Å². The quantitative estimate of drug-likeness (QED) is 0.741. The topological polar surface area (TPSA) is 23.5 Å². The molecule has 2 nitrogen and oxygen atoms in total. The number of phenols is 1. The van der Waals surface area contributed by atoms with Crippen LogP contribution in [0.1, 0.15) is 0 Å². The molecule has 0 aliphatic carbocycles. The summed E-state index contributed by atoms with van der Waals surface area (Å²) in [5, 5.41) is 12.0. The number of hydrogen-bond acceptors (Lipinski definition) is 2. The summed E-state index contributed by atoms with van der Waals surface area (Å²) in [5.74, 6) is 0.328. The van der Waals surface area contributed by atoms with Crippen LogP contribution >= 0.6 is 0 Å². The van der Waals surface area contributed by atoms with Gasteiger partial charge in [-0.1, -0.05) is 30.3 Å². The van der Waals surface area contributed by atoms with Gasteiger partial charge in [0.05, 0.1) is 5.69 Å². The fourth-order valence-corrected chi connectivity index (χ4v) is 1.71. The average molecular weight is 187 g/mol. The van der Waals surface area contributed by atoms with E-state index in [1.165, 1.54) is 0 Å². The Hall–Kier alpha value is -1.70. The lowest BCUT2D eigenvalue weighted by atomic mass is 10.1. The van der Waals surface area contributed by atoms with Gasteiger partial charge in [0, 0.05) is 19.5 Å². The van der Waals surface area contributed by atoms with Crippen molar-refractivity contribution in [3.8, 4) is 5.75 Å². The highest BCUT2D eigenvalue weighted by molar-refractivity contribution is 5.97. The monoisotopic (exact) mass is 187 g/mol. The molecular weight excluding hydrogens is 174 g/mol. The fourth-order valence-electron chi connectivity index (χ4n) is 1.71. The van der Waals surface area contributed by atoms with Gasteiger partial charge in [-0.3, -0.25) is 0 Å².